The van der Waals surface area contributed by atoms with E-state index in [2.05, 4.69) is 4.98 Å². The fourth-order valence-corrected chi connectivity index (χ4v) is 1.61. The van der Waals surface area contributed by atoms with Gasteiger partial charge in [-0.05, 0) is 18.4 Å². The Morgan fingerprint density at radius 1 is 1.50 bits per heavy atom. The van der Waals surface area contributed by atoms with E-state index in [0.29, 0.717) is 0 Å². The van der Waals surface area contributed by atoms with Crippen LogP contribution < -0.4 is 4.90 Å². The zero-order chi connectivity index (χ0) is 14.1. The van der Waals surface area contributed by atoms with E-state index in [0.717, 1.165) is 6.07 Å². The van der Waals surface area contributed by atoms with Gasteiger partial charge in [-0.25, -0.2) is 14.2 Å². The fourth-order valence-electron chi connectivity index (χ4n) is 1.61. The third-order valence-electron chi connectivity index (χ3n) is 3.27. The predicted octanol–water partition coefficient (Wildman–Crippen LogP) is 2.79. The third-order valence-corrected chi connectivity index (χ3v) is 3.27. The van der Waals surface area contributed by atoms with Crippen molar-refractivity contribution in [2.75, 3.05) is 11.9 Å². The van der Waals surface area contributed by atoms with Crippen molar-refractivity contribution < 1.29 is 14.3 Å². The number of carboxylic acid groups (broad SMARTS) is 1. The summed E-state index contributed by atoms with van der Waals surface area (Å²) in [5.74, 6) is -2.01. The molecule has 0 bridgehead atoms. The first kappa shape index (κ1) is 14.4. The molecular formula is C13H19FN2O2. The molecular weight excluding hydrogens is 235 g/mol. The fraction of sp³-hybridized carbons (Fsp3) is 0.538. The lowest BCUT2D eigenvalue weighted by atomic mass is 9.87. The Morgan fingerprint density at radius 2 is 2.06 bits per heavy atom. The number of anilines is 1. The molecule has 18 heavy (non-hydrogen) atoms. The summed E-state index contributed by atoms with van der Waals surface area (Å²) in [7, 11) is 1.72. The van der Waals surface area contributed by atoms with E-state index in [4.69, 9.17) is 5.11 Å². The summed E-state index contributed by atoms with van der Waals surface area (Å²) in [5.41, 5.74) is -0.421. The van der Waals surface area contributed by atoms with Gasteiger partial charge in [0.2, 0.25) is 0 Å². The van der Waals surface area contributed by atoms with E-state index >= 15 is 0 Å². The number of rotatable bonds is 3. The molecule has 0 fully saturated rings. The highest BCUT2D eigenvalue weighted by Gasteiger charge is 2.27. The number of halogens is 1. The van der Waals surface area contributed by atoms with Crippen molar-refractivity contribution in [3.05, 3.63) is 23.6 Å². The highest BCUT2D eigenvalue weighted by atomic mass is 19.1. The minimum absolute atomic E-state index is 0.0172. The number of aromatic nitrogens is 1. The van der Waals surface area contributed by atoms with Gasteiger partial charge in [-0.15, -0.1) is 0 Å². The van der Waals surface area contributed by atoms with E-state index in [9.17, 15) is 9.18 Å². The van der Waals surface area contributed by atoms with Crippen LogP contribution in [0.15, 0.2) is 12.3 Å². The molecule has 1 heterocycles. The normalized spacial score (nSPS) is 13.2. The average molecular weight is 254 g/mol. The van der Waals surface area contributed by atoms with Crippen LogP contribution in [0.1, 0.15) is 38.1 Å². The lowest BCUT2D eigenvalue weighted by Crippen LogP contribution is -2.40. The second-order valence-corrected chi connectivity index (χ2v) is 5.45. The summed E-state index contributed by atoms with van der Waals surface area (Å²) < 4.78 is 14.0. The first-order valence-electron chi connectivity index (χ1n) is 5.77. The number of hydrogen-bond acceptors (Lipinski definition) is 3. The van der Waals surface area contributed by atoms with Crippen LogP contribution in [-0.2, 0) is 0 Å². The quantitative estimate of drug-likeness (QED) is 0.901. The SMILES string of the molecule is CC(N(C)c1nccc(C(=O)O)c1F)C(C)(C)C. The second-order valence-electron chi connectivity index (χ2n) is 5.45. The summed E-state index contributed by atoms with van der Waals surface area (Å²) in [6.45, 7) is 8.06. The van der Waals surface area contributed by atoms with Crippen molar-refractivity contribution >= 4 is 11.8 Å². The Bertz CT molecular complexity index is 455. The van der Waals surface area contributed by atoms with Crippen LogP contribution in [0.3, 0.4) is 0 Å². The summed E-state index contributed by atoms with van der Waals surface area (Å²) in [6, 6.07) is 1.18. The average Bonchev–Trinajstić information content (AvgIpc) is 2.25. The summed E-state index contributed by atoms with van der Waals surface area (Å²) in [4.78, 5) is 16.5. The Hall–Kier alpha value is -1.65. The van der Waals surface area contributed by atoms with Gasteiger partial charge in [-0.1, -0.05) is 20.8 Å². The van der Waals surface area contributed by atoms with Crippen LogP contribution in [0.5, 0.6) is 0 Å². The van der Waals surface area contributed by atoms with Crippen molar-refractivity contribution in [2.24, 2.45) is 5.41 Å². The zero-order valence-corrected chi connectivity index (χ0v) is 11.4. The topological polar surface area (TPSA) is 53.4 Å². The molecule has 0 amide bonds. The first-order valence-corrected chi connectivity index (χ1v) is 5.77. The monoisotopic (exact) mass is 254 g/mol. The number of hydrogen-bond donors (Lipinski definition) is 1. The second kappa shape index (κ2) is 4.92. The third kappa shape index (κ3) is 2.78. The predicted molar refractivity (Wildman–Crippen MR) is 68.5 cm³/mol. The molecule has 0 saturated heterocycles. The maximum Gasteiger partial charge on any atom is 0.338 e. The van der Waals surface area contributed by atoms with Crippen molar-refractivity contribution in [1.82, 2.24) is 4.98 Å². The molecule has 0 aromatic carbocycles. The number of pyridine rings is 1. The van der Waals surface area contributed by atoms with Gasteiger partial charge in [0.15, 0.2) is 11.6 Å². The van der Waals surface area contributed by atoms with Crippen LogP contribution >= 0.6 is 0 Å². The van der Waals surface area contributed by atoms with Gasteiger partial charge in [0.1, 0.15) is 5.56 Å². The molecule has 0 aliphatic carbocycles. The number of nitrogens with zero attached hydrogens (tertiary/aromatic N) is 2. The van der Waals surface area contributed by atoms with Crippen LogP contribution in [0.2, 0.25) is 0 Å². The highest BCUT2D eigenvalue weighted by Crippen LogP contribution is 2.28. The minimum atomic E-state index is -1.28. The van der Waals surface area contributed by atoms with Crippen molar-refractivity contribution in [3.63, 3.8) is 0 Å². The van der Waals surface area contributed by atoms with Crippen LogP contribution in [0, 0.1) is 11.2 Å². The number of aromatic carboxylic acids is 1. The molecule has 1 unspecified atom stereocenters. The lowest BCUT2D eigenvalue weighted by molar-refractivity contribution is 0.0691. The van der Waals surface area contributed by atoms with Gasteiger partial charge in [0.25, 0.3) is 0 Å². The van der Waals surface area contributed by atoms with Crippen LogP contribution in [-0.4, -0.2) is 29.1 Å². The van der Waals surface area contributed by atoms with E-state index in [1.54, 1.807) is 11.9 Å². The van der Waals surface area contributed by atoms with Crippen LogP contribution in [0.4, 0.5) is 10.2 Å². The Balaban J connectivity index is 3.18. The molecule has 1 rings (SSSR count). The molecule has 0 saturated carbocycles. The summed E-state index contributed by atoms with van der Waals surface area (Å²) >= 11 is 0. The molecule has 1 aromatic rings. The van der Waals surface area contributed by atoms with E-state index in [1.807, 2.05) is 27.7 Å². The standard InChI is InChI=1S/C13H19FN2O2/c1-8(13(2,3)4)16(5)11-10(14)9(12(17)18)6-7-15-11/h6-8H,1-5H3,(H,17,18). The summed E-state index contributed by atoms with van der Waals surface area (Å²) in [5, 5.41) is 8.88. The van der Waals surface area contributed by atoms with E-state index < -0.39 is 11.8 Å². The van der Waals surface area contributed by atoms with Gasteiger partial charge < -0.3 is 10.0 Å². The van der Waals surface area contributed by atoms with Crippen LogP contribution in [0.25, 0.3) is 0 Å². The Kier molecular flexibility index (Phi) is 3.94. The van der Waals surface area contributed by atoms with Crippen molar-refractivity contribution in [1.29, 1.82) is 0 Å². The highest BCUT2D eigenvalue weighted by molar-refractivity contribution is 5.88. The first-order chi connectivity index (χ1) is 8.16. The van der Waals surface area contributed by atoms with Crippen molar-refractivity contribution in [2.45, 2.75) is 33.7 Å². The lowest BCUT2D eigenvalue weighted by Gasteiger charge is -2.36. The molecule has 1 aromatic heterocycles. The van der Waals surface area contributed by atoms with Gasteiger partial charge in [0.05, 0.1) is 0 Å². The van der Waals surface area contributed by atoms with E-state index in [1.165, 1.54) is 6.20 Å². The maximum absolute atomic E-state index is 14.0. The smallest absolute Gasteiger partial charge is 0.338 e. The zero-order valence-electron chi connectivity index (χ0n) is 11.4. The van der Waals surface area contributed by atoms with Gasteiger partial charge in [-0.2, -0.15) is 0 Å². The van der Waals surface area contributed by atoms with Gasteiger partial charge in [-0.3, -0.25) is 0 Å². The molecule has 100 valence electrons. The number of carboxylic acids is 1. The maximum atomic E-state index is 14.0. The molecule has 0 radical (unpaired) electrons. The molecule has 5 heteroatoms. The van der Waals surface area contributed by atoms with E-state index in [-0.39, 0.29) is 22.8 Å². The molecule has 1 N–H and O–H groups in total. The number of carbonyl (C=O) groups is 1. The van der Waals surface area contributed by atoms with Gasteiger partial charge in [0, 0.05) is 19.3 Å². The molecule has 4 nitrogen and oxygen atoms in total. The largest absolute Gasteiger partial charge is 0.478 e. The van der Waals surface area contributed by atoms with Gasteiger partial charge >= 0.3 is 5.97 Å². The Morgan fingerprint density at radius 3 is 2.50 bits per heavy atom. The Labute approximate surface area is 106 Å². The molecule has 0 aliphatic rings. The summed E-state index contributed by atoms with van der Waals surface area (Å²) in [6.07, 6.45) is 1.31. The molecule has 1 atom stereocenters. The van der Waals surface area contributed by atoms with Crippen molar-refractivity contribution in [3.8, 4) is 0 Å². The molecule has 0 spiro atoms. The molecule has 0 aliphatic heterocycles. The minimum Gasteiger partial charge on any atom is -0.478 e.